The molecule has 5 heteroatoms. The summed E-state index contributed by atoms with van der Waals surface area (Å²) in [6, 6.07) is 5.27. The van der Waals surface area contributed by atoms with Crippen molar-refractivity contribution in [3.8, 4) is 5.75 Å². The minimum Gasteiger partial charge on any atom is -0.497 e. The van der Waals surface area contributed by atoms with Crippen molar-refractivity contribution >= 4 is 0 Å². The van der Waals surface area contributed by atoms with E-state index >= 15 is 0 Å². The highest BCUT2D eigenvalue weighted by molar-refractivity contribution is 5.28. The summed E-state index contributed by atoms with van der Waals surface area (Å²) in [6.07, 6.45) is 0. The van der Waals surface area contributed by atoms with Gasteiger partial charge in [0.15, 0.2) is 0 Å². The van der Waals surface area contributed by atoms with Gasteiger partial charge < -0.3 is 15.8 Å². The number of nitrogens with two attached hydrogens (primary N) is 1. The van der Waals surface area contributed by atoms with Crippen molar-refractivity contribution in [2.75, 3.05) is 33.3 Å². The van der Waals surface area contributed by atoms with Crippen LogP contribution in [0.15, 0.2) is 18.2 Å². The van der Waals surface area contributed by atoms with Crippen molar-refractivity contribution in [3.63, 3.8) is 0 Å². The summed E-state index contributed by atoms with van der Waals surface area (Å²) >= 11 is 0. The van der Waals surface area contributed by atoms with Gasteiger partial charge >= 0.3 is 0 Å². The third-order valence-electron chi connectivity index (χ3n) is 3.38. The number of nitrogens with zero attached hydrogens (tertiary/aromatic N) is 1. The summed E-state index contributed by atoms with van der Waals surface area (Å²) in [7, 11) is 1.54. The highest BCUT2D eigenvalue weighted by Gasteiger charge is 2.21. The van der Waals surface area contributed by atoms with E-state index < -0.39 is 0 Å². The van der Waals surface area contributed by atoms with E-state index in [1.54, 1.807) is 12.1 Å². The van der Waals surface area contributed by atoms with Gasteiger partial charge in [0, 0.05) is 50.4 Å². The minimum atomic E-state index is -0.219. The van der Waals surface area contributed by atoms with Crippen LogP contribution < -0.4 is 15.8 Å². The van der Waals surface area contributed by atoms with Gasteiger partial charge in [-0.1, -0.05) is 6.07 Å². The summed E-state index contributed by atoms with van der Waals surface area (Å²) in [4.78, 5) is 2.22. The molecule has 1 heterocycles. The van der Waals surface area contributed by atoms with Crippen LogP contribution in [0.25, 0.3) is 0 Å². The monoisotopic (exact) mass is 253 g/mol. The van der Waals surface area contributed by atoms with Crippen molar-refractivity contribution in [2.24, 2.45) is 5.73 Å². The van der Waals surface area contributed by atoms with Crippen molar-refractivity contribution in [3.05, 3.63) is 29.6 Å². The number of hydrogen-bond donors (Lipinski definition) is 2. The Morgan fingerprint density at radius 3 is 3.06 bits per heavy atom. The van der Waals surface area contributed by atoms with Crippen molar-refractivity contribution in [1.29, 1.82) is 0 Å². The molecule has 1 aliphatic heterocycles. The minimum absolute atomic E-state index is 0.219. The maximum absolute atomic E-state index is 13.9. The molecule has 0 amide bonds. The Morgan fingerprint density at radius 2 is 2.39 bits per heavy atom. The molecule has 0 bridgehead atoms. The van der Waals surface area contributed by atoms with Crippen LogP contribution in [0.1, 0.15) is 5.56 Å². The predicted molar refractivity (Wildman–Crippen MR) is 69.1 cm³/mol. The van der Waals surface area contributed by atoms with Crippen molar-refractivity contribution in [1.82, 2.24) is 10.2 Å². The number of benzene rings is 1. The summed E-state index contributed by atoms with van der Waals surface area (Å²) < 4.78 is 18.9. The van der Waals surface area contributed by atoms with E-state index in [1.165, 1.54) is 13.2 Å². The Hall–Kier alpha value is -1.17. The van der Waals surface area contributed by atoms with Gasteiger partial charge in [-0.2, -0.15) is 0 Å². The lowest BCUT2D eigenvalue weighted by Crippen LogP contribution is -2.53. The van der Waals surface area contributed by atoms with Gasteiger partial charge in [0.2, 0.25) is 0 Å². The van der Waals surface area contributed by atoms with Crippen LogP contribution in [0.2, 0.25) is 0 Å². The number of rotatable bonds is 4. The van der Waals surface area contributed by atoms with Crippen molar-refractivity contribution < 1.29 is 9.13 Å². The quantitative estimate of drug-likeness (QED) is 0.823. The number of hydrogen-bond acceptors (Lipinski definition) is 4. The number of ether oxygens (including phenoxy) is 1. The maximum Gasteiger partial charge on any atom is 0.131 e. The summed E-state index contributed by atoms with van der Waals surface area (Å²) in [5.41, 5.74) is 6.43. The Labute approximate surface area is 107 Å². The number of nitrogens with one attached hydrogen (secondary N) is 1. The first-order valence-electron chi connectivity index (χ1n) is 6.22. The van der Waals surface area contributed by atoms with E-state index in [0.717, 1.165) is 19.6 Å². The van der Waals surface area contributed by atoms with Gasteiger partial charge in [0.1, 0.15) is 11.6 Å². The van der Waals surface area contributed by atoms with E-state index in [-0.39, 0.29) is 11.9 Å². The third kappa shape index (κ3) is 2.98. The molecule has 4 nitrogen and oxygen atoms in total. The number of piperazine rings is 1. The van der Waals surface area contributed by atoms with Crippen LogP contribution in [0.4, 0.5) is 4.39 Å². The van der Waals surface area contributed by atoms with Crippen LogP contribution in [0.5, 0.6) is 5.75 Å². The predicted octanol–water partition coefficient (Wildman–Crippen LogP) is 0.567. The molecule has 0 aliphatic carbocycles. The second kappa shape index (κ2) is 6.13. The molecule has 1 aromatic rings. The molecule has 1 fully saturated rings. The molecular weight excluding hydrogens is 233 g/mol. The zero-order valence-electron chi connectivity index (χ0n) is 10.7. The summed E-state index contributed by atoms with van der Waals surface area (Å²) in [5.74, 6) is 0.329. The molecule has 2 rings (SSSR count). The highest BCUT2D eigenvalue weighted by Crippen LogP contribution is 2.18. The van der Waals surface area contributed by atoms with Crippen LogP contribution in [0, 0.1) is 5.82 Å². The molecular formula is C13H20FN3O. The summed E-state index contributed by atoms with van der Waals surface area (Å²) in [5, 5.41) is 3.30. The number of methoxy groups -OCH3 is 1. The van der Waals surface area contributed by atoms with E-state index in [9.17, 15) is 4.39 Å². The lowest BCUT2D eigenvalue weighted by atomic mass is 10.1. The maximum atomic E-state index is 13.9. The molecule has 1 unspecified atom stereocenters. The largest absolute Gasteiger partial charge is 0.497 e. The Balaban J connectivity index is 2.07. The van der Waals surface area contributed by atoms with Crippen LogP contribution in [0.3, 0.4) is 0 Å². The second-order valence-corrected chi connectivity index (χ2v) is 4.52. The molecule has 1 aliphatic rings. The zero-order chi connectivity index (χ0) is 13.0. The second-order valence-electron chi connectivity index (χ2n) is 4.52. The average molecular weight is 253 g/mol. The summed E-state index contributed by atoms with van der Waals surface area (Å²) in [6.45, 7) is 3.88. The molecule has 100 valence electrons. The van der Waals surface area contributed by atoms with Crippen molar-refractivity contribution in [2.45, 2.75) is 12.6 Å². The normalized spacial score (nSPS) is 20.9. The van der Waals surface area contributed by atoms with Gasteiger partial charge in [-0.05, 0) is 6.07 Å². The number of halogens is 1. The topological polar surface area (TPSA) is 50.5 Å². The third-order valence-corrected chi connectivity index (χ3v) is 3.38. The molecule has 3 N–H and O–H groups in total. The molecule has 0 aromatic heterocycles. The van der Waals surface area contributed by atoms with Crippen LogP contribution >= 0.6 is 0 Å². The molecule has 0 radical (unpaired) electrons. The highest BCUT2D eigenvalue weighted by atomic mass is 19.1. The zero-order valence-corrected chi connectivity index (χ0v) is 10.7. The first kappa shape index (κ1) is 13.3. The fraction of sp³-hybridized carbons (Fsp3) is 0.538. The van der Waals surface area contributed by atoms with E-state index in [4.69, 9.17) is 10.5 Å². The molecule has 18 heavy (non-hydrogen) atoms. The molecule has 0 saturated carbocycles. The molecule has 0 spiro atoms. The Bertz CT molecular complexity index is 400. The first-order valence-corrected chi connectivity index (χ1v) is 6.22. The van der Waals surface area contributed by atoms with E-state index in [1.807, 2.05) is 0 Å². The van der Waals surface area contributed by atoms with Crippen LogP contribution in [-0.4, -0.2) is 44.2 Å². The first-order chi connectivity index (χ1) is 8.74. The molecule has 1 aromatic carbocycles. The standard InChI is InChI=1S/C13H20FN3O/c1-18-12-3-2-10(13(14)6-12)9-17-5-4-16-8-11(17)7-15/h2-3,6,11,16H,4-5,7-9,15H2,1H3. The van der Waals surface area contributed by atoms with E-state index in [0.29, 0.717) is 24.4 Å². The van der Waals surface area contributed by atoms with Gasteiger partial charge in [0.25, 0.3) is 0 Å². The Kier molecular flexibility index (Phi) is 4.52. The van der Waals surface area contributed by atoms with Gasteiger partial charge in [-0.25, -0.2) is 4.39 Å². The van der Waals surface area contributed by atoms with Gasteiger partial charge in [-0.15, -0.1) is 0 Å². The average Bonchev–Trinajstić information content (AvgIpc) is 2.41. The lowest BCUT2D eigenvalue weighted by Gasteiger charge is -2.35. The van der Waals surface area contributed by atoms with Crippen LogP contribution in [-0.2, 0) is 6.54 Å². The fourth-order valence-corrected chi connectivity index (χ4v) is 2.25. The lowest BCUT2D eigenvalue weighted by molar-refractivity contribution is 0.156. The fourth-order valence-electron chi connectivity index (χ4n) is 2.25. The Morgan fingerprint density at radius 1 is 1.56 bits per heavy atom. The smallest absolute Gasteiger partial charge is 0.131 e. The molecule has 1 atom stereocenters. The van der Waals surface area contributed by atoms with Gasteiger partial charge in [-0.3, -0.25) is 4.90 Å². The molecule has 1 saturated heterocycles. The SMILES string of the molecule is COc1ccc(CN2CCNCC2CN)c(F)c1. The van der Waals surface area contributed by atoms with E-state index in [2.05, 4.69) is 10.2 Å². The van der Waals surface area contributed by atoms with Gasteiger partial charge in [0.05, 0.1) is 7.11 Å².